The monoisotopic (exact) mass is 380 g/mol. The third kappa shape index (κ3) is 3.45. The Labute approximate surface area is 163 Å². The summed E-state index contributed by atoms with van der Waals surface area (Å²) >= 11 is 0. The van der Waals surface area contributed by atoms with E-state index < -0.39 is 5.97 Å². The van der Waals surface area contributed by atoms with Crippen LogP contribution in [-0.4, -0.2) is 44.0 Å². The molecule has 28 heavy (non-hydrogen) atoms. The maximum Gasteiger partial charge on any atom is 0.356 e. The van der Waals surface area contributed by atoms with E-state index in [0.29, 0.717) is 19.5 Å². The minimum absolute atomic E-state index is 0.197. The number of carboxylic acids is 1. The molecule has 4 rings (SSSR count). The van der Waals surface area contributed by atoms with Crippen molar-refractivity contribution in [3.8, 4) is 11.3 Å². The maximum atomic E-state index is 11.6. The lowest BCUT2D eigenvalue weighted by Gasteiger charge is -2.31. The van der Waals surface area contributed by atoms with E-state index in [-0.39, 0.29) is 11.7 Å². The molecule has 1 atom stereocenters. The average Bonchev–Trinajstić information content (AvgIpc) is 3.32. The van der Waals surface area contributed by atoms with Crippen LogP contribution < -0.4 is 0 Å². The van der Waals surface area contributed by atoms with Crippen LogP contribution in [0.15, 0.2) is 40.9 Å². The molecule has 0 fully saturated rings. The number of aromatic nitrogens is 3. The second-order valence-corrected chi connectivity index (χ2v) is 7.26. The third-order valence-corrected chi connectivity index (χ3v) is 5.47. The molecule has 0 bridgehead atoms. The number of likely N-dealkylation sites (N-methyl/N-ethyl adjacent to an activating group) is 1. The van der Waals surface area contributed by atoms with Gasteiger partial charge in [0, 0.05) is 42.0 Å². The van der Waals surface area contributed by atoms with E-state index in [9.17, 15) is 9.90 Å². The summed E-state index contributed by atoms with van der Waals surface area (Å²) in [6, 6.07) is 12.1. The normalized spacial score (nSPS) is 16.3. The Morgan fingerprint density at radius 1 is 1.36 bits per heavy atom. The van der Waals surface area contributed by atoms with Crippen molar-refractivity contribution in [2.24, 2.45) is 0 Å². The number of benzene rings is 1. The Bertz CT molecular complexity index is 977. The van der Waals surface area contributed by atoms with E-state index in [4.69, 9.17) is 4.52 Å². The summed E-state index contributed by atoms with van der Waals surface area (Å²) in [5.41, 5.74) is 4.02. The van der Waals surface area contributed by atoms with Crippen LogP contribution in [0.2, 0.25) is 0 Å². The Kier molecular flexibility index (Phi) is 5.00. The first-order chi connectivity index (χ1) is 13.6. The summed E-state index contributed by atoms with van der Waals surface area (Å²) < 4.78 is 7.33. The molecule has 146 valence electrons. The van der Waals surface area contributed by atoms with Gasteiger partial charge in [0.15, 0.2) is 11.5 Å². The highest BCUT2D eigenvalue weighted by Gasteiger charge is 2.30. The van der Waals surface area contributed by atoms with Crippen molar-refractivity contribution in [1.29, 1.82) is 0 Å². The third-order valence-electron chi connectivity index (χ3n) is 5.47. The number of aromatic carboxylic acids is 1. The van der Waals surface area contributed by atoms with Gasteiger partial charge in [-0.1, -0.05) is 35.5 Å². The number of hydrogen-bond donors (Lipinski definition) is 1. The second-order valence-electron chi connectivity index (χ2n) is 7.26. The molecule has 0 saturated carbocycles. The second kappa shape index (κ2) is 7.59. The molecule has 0 radical (unpaired) electrons. The Balaban J connectivity index is 1.48. The fourth-order valence-corrected chi connectivity index (χ4v) is 3.99. The number of carboxylic acid groups (broad SMARTS) is 1. The van der Waals surface area contributed by atoms with Gasteiger partial charge in [-0.15, -0.1) is 0 Å². The van der Waals surface area contributed by atoms with Gasteiger partial charge in [0.25, 0.3) is 0 Å². The standard InChI is InChI=1S/C21H24N4O3/c1-3-25-18-10-9-16(12-17(18)20(22-25)21(26)27)24(2)13-15-11-19(28-23-15)14-7-5-4-6-8-14/h4-8,11,16H,3,9-10,12-13H2,1-2H3,(H,26,27)/t16-/m0/s1. The zero-order chi connectivity index (χ0) is 19.7. The van der Waals surface area contributed by atoms with Crippen molar-refractivity contribution in [3.63, 3.8) is 0 Å². The van der Waals surface area contributed by atoms with Gasteiger partial charge >= 0.3 is 5.97 Å². The van der Waals surface area contributed by atoms with E-state index in [1.807, 2.05) is 48.0 Å². The van der Waals surface area contributed by atoms with Crippen molar-refractivity contribution in [2.75, 3.05) is 7.05 Å². The molecule has 0 amide bonds. The first kappa shape index (κ1) is 18.4. The molecule has 0 aliphatic heterocycles. The van der Waals surface area contributed by atoms with Crippen LogP contribution in [0.5, 0.6) is 0 Å². The average molecular weight is 380 g/mol. The molecule has 1 N–H and O–H groups in total. The highest BCUT2D eigenvalue weighted by Crippen LogP contribution is 2.28. The molecule has 1 aliphatic rings. The van der Waals surface area contributed by atoms with Crippen LogP contribution >= 0.6 is 0 Å². The molecule has 7 nitrogen and oxygen atoms in total. The fourth-order valence-electron chi connectivity index (χ4n) is 3.99. The highest BCUT2D eigenvalue weighted by atomic mass is 16.5. The van der Waals surface area contributed by atoms with Crippen LogP contribution in [0.1, 0.15) is 40.8 Å². The molecule has 1 aliphatic carbocycles. The summed E-state index contributed by atoms with van der Waals surface area (Å²) in [4.78, 5) is 13.8. The summed E-state index contributed by atoms with van der Waals surface area (Å²) in [5.74, 6) is -0.192. The van der Waals surface area contributed by atoms with Gasteiger partial charge in [-0.3, -0.25) is 9.58 Å². The summed E-state index contributed by atoms with van der Waals surface area (Å²) in [7, 11) is 2.05. The number of rotatable bonds is 6. The number of nitrogens with zero attached hydrogens (tertiary/aromatic N) is 4. The van der Waals surface area contributed by atoms with Gasteiger partial charge in [-0.05, 0) is 33.2 Å². The van der Waals surface area contributed by atoms with E-state index in [1.165, 1.54) is 0 Å². The molecule has 2 heterocycles. The van der Waals surface area contributed by atoms with Crippen molar-refractivity contribution in [3.05, 3.63) is 59.0 Å². The summed E-state index contributed by atoms with van der Waals surface area (Å²) in [6.07, 6.45) is 2.50. The van der Waals surface area contributed by atoms with E-state index in [1.54, 1.807) is 0 Å². The summed E-state index contributed by atoms with van der Waals surface area (Å²) in [6.45, 7) is 3.34. The SMILES string of the molecule is CCn1nc(C(=O)O)c2c1CC[C@H](N(C)Cc1cc(-c3ccccc3)on1)C2. The highest BCUT2D eigenvalue weighted by molar-refractivity contribution is 5.87. The number of carbonyl (C=O) groups is 1. The van der Waals surface area contributed by atoms with Gasteiger partial charge in [0.1, 0.15) is 0 Å². The van der Waals surface area contributed by atoms with Crippen LogP contribution in [0.25, 0.3) is 11.3 Å². The number of aryl methyl sites for hydroxylation is 1. The molecule has 0 spiro atoms. The molecular formula is C21H24N4O3. The van der Waals surface area contributed by atoms with Crippen LogP contribution in [0, 0.1) is 0 Å². The Morgan fingerprint density at radius 2 is 2.14 bits per heavy atom. The molecule has 1 aromatic carbocycles. The number of fused-ring (bicyclic) bond motifs is 1. The lowest BCUT2D eigenvalue weighted by Crippen LogP contribution is -2.36. The number of hydrogen-bond acceptors (Lipinski definition) is 5. The first-order valence-corrected chi connectivity index (χ1v) is 9.60. The quantitative estimate of drug-likeness (QED) is 0.707. The van der Waals surface area contributed by atoms with Gasteiger partial charge in [0.05, 0.1) is 5.69 Å². The minimum atomic E-state index is -0.948. The molecule has 0 saturated heterocycles. The first-order valence-electron chi connectivity index (χ1n) is 9.60. The predicted octanol–water partition coefficient (Wildman–Crippen LogP) is 3.25. The Hall–Kier alpha value is -2.93. The predicted molar refractivity (Wildman–Crippen MR) is 104 cm³/mol. The minimum Gasteiger partial charge on any atom is -0.476 e. The van der Waals surface area contributed by atoms with Crippen molar-refractivity contribution in [2.45, 2.75) is 45.3 Å². The lowest BCUT2D eigenvalue weighted by molar-refractivity contribution is 0.0687. The smallest absolute Gasteiger partial charge is 0.356 e. The fraction of sp³-hybridized carbons (Fsp3) is 0.381. The van der Waals surface area contributed by atoms with E-state index in [0.717, 1.165) is 41.1 Å². The Morgan fingerprint density at radius 3 is 2.86 bits per heavy atom. The molecule has 0 unspecified atom stereocenters. The zero-order valence-electron chi connectivity index (χ0n) is 16.1. The van der Waals surface area contributed by atoms with Crippen LogP contribution in [-0.2, 0) is 25.9 Å². The lowest BCUT2D eigenvalue weighted by atomic mass is 9.90. The van der Waals surface area contributed by atoms with Crippen molar-refractivity contribution in [1.82, 2.24) is 19.8 Å². The van der Waals surface area contributed by atoms with Gasteiger partial charge < -0.3 is 9.63 Å². The topological polar surface area (TPSA) is 84.4 Å². The van der Waals surface area contributed by atoms with Crippen LogP contribution in [0.4, 0.5) is 0 Å². The van der Waals surface area contributed by atoms with Gasteiger partial charge in [-0.2, -0.15) is 5.10 Å². The van der Waals surface area contributed by atoms with Gasteiger partial charge in [0.2, 0.25) is 0 Å². The van der Waals surface area contributed by atoms with Crippen molar-refractivity contribution < 1.29 is 14.4 Å². The largest absolute Gasteiger partial charge is 0.476 e. The maximum absolute atomic E-state index is 11.6. The summed E-state index contributed by atoms with van der Waals surface area (Å²) in [5, 5.41) is 18.0. The molecule has 3 aromatic rings. The van der Waals surface area contributed by atoms with Crippen molar-refractivity contribution >= 4 is 5.97 Å². The zero-order valence-corrected chi connectivity index (χ0v) is 16.1. The van der Waals surface area contributed by atoms with E-state index in [2.05, 4.69) is 22.2 Å². The van der Waals surface area contributed by atoms with Gasteiger partial charge in [-0.25, -0.2) is 4.79 Å². The van der Waals surface area contributed by atoms with Crippen LogP contribution in [0.3, 0.4) is 0 Å². The molecule has 7 heteroatoms. The molecular weight excluding hydrogens is 356 g/mol. The van der Waals surface area contributed by atoms with E-state index >= 15 is 0 Å². The molecule has 2 aromatic heterocycles.